The highest BCUT2D eigenvalue weighted by Gasteiger charge is 2.45. The van der Waals surface area contributed by atoms with Gasteiger partial charge in [0.2, 0.25) is 0 Å². The highest BCUT2D eigenvalue weighted by molar-refractivity contribution is 7.90. The normalized spacial score (nSPS) is 18.1. The van der Waals surface area contributed by atoms with E-state index in [1.807, 2.05) is 0 Å². The van der Waals surface area contributed by atoms with E-state index in [4.69, 9.17) is 0 Å². The maximum absolute atomic E-state index is 12.5. The van der Waals surface area contributed by atoms with Gasteiger partial charge in [-0.3, -0.25) is 19.3 Å². The van der Waals surface area contributed by atoms with E-state index in [2.05, 4.69) is 0 Å². The summed E-state index contributed by atoms with van der Waals surface area (Å²) in [5.74, 6) is -1.98. The fraction of sp³-hybridized carbons (Fsp3) is 0.0625. The molecule has 0 saturated carbocycles. The highest BCUT2D eigenvalue weighted by Crippen LogP contribution is 2.31. The fourth-order valence-electron chi connectivity index (χ4n) is 2.87. The molecule has 2 aromatic rings. The van der Waals surface area contributed by atoms with E-state index < -0.39 is 34.4 Å². The third kappa shape index (κ3) is 1.77. The summed E-state index contributed by atoms with van der Waals surface area (Å²) >= 11 is 0. The first-order valence-electron chi connectivity index (χ1n) is 7.04. The van der Waals surface area contributed by atoms with Crippen LogP contribution in [-0.2, 0) is 10.0 Å². The van der Waals surface area contributed by atoms with Crippen molar-refractivity contribution >= 4 is 27.7 Å². The van der Waals surface area contributed by atoms with E-state index in [0.717, 1.165) is 4.90 Å². The summed E-state index contributed by atoms with van der Waals surface area (Å²) in [7, 11) is -4.08. The molecule has 3 amide bonds. The standard InChI is InChI=1S/C16H10N2O5S/c19-14-10-5-1-2-6-11(10)15(20)17(14)9-18-16(21)12-7-3-4-8-13(12)24(18,22)23/h1-8H,9H2. The third-order valence-corrected chi connectivity index (χ3v) is 5.83. The number of hydrogen-bond acceptors (Lipinski definition) is 5. The van der Waals surface area contributed by atoms with E-state index in [1.54, 1.807) is 18.2 Å². The van der Waals surface area contributed by atoms with Crippen molar-refractivity contribution in [3.05, 3.63) is 65.2 Å². The Labute approximate surface area is 137 Å². The van der Waals surface area contributed by atoms with Gasteiger partial charge in [0.25, 0.3) is 27.7 Å². The quantitative estimate of drug-likeness (QED) is 0.762. The molecule has 0 aromatic heterocycles. The Morgan fingerprint density at radius 2 is 1.21 bits per heavy atom. The SMILES string of the molecule is O=C1c2ccccc2C(=O)N1CN1C(=O)c2ccccc2S1(=O)=O. The van der Waals surface area contributed by atoms with Crippen molar-refractivity contribution in [1.82, 2.24) is 9.21 Å². The van der Waals surface area contributed by atoms with Gasteiger partial charge in [-0.05, 0) is 24.3 Å². The van der Waals surface area contributed by atoms with Gasteiger partial charge in [0, 0.05) is 0 Å². The van der Waals surface area contributed by atoms with Crippen LogP contribution in [0.4, 0.5) is 0 Å². The average molecular weight is 342 g/mol. The van der Waals surface area contributed by atoms with Gasteiger partial charge in [0.1, 0.15) is 11.6 Å². The molecule has 0 N–H and O–H groups in total. The van der Waals surface area contributed by atoms with Gasteiger partial charge in [-0.1, -0.05) is 24.3 Å². The number of imide groups is 1. The van der Waals surface area contributed by atoms with Crippen molar-refractivity contribution in [3.63, 3.8) is 0 Å². The minimum Gasteiger partial charge on any atom is -0.269 e. The molecule has 8 heteroatoms. The largest absolute Gasteiger partial charge is 0.270 e. The van der Waals surface area contributed by atoms with E-state index in [-0.39, 0.29) is 21.6 Å². The zero-order chi connectivity index (χ0) is 17.1. The van der Waals surface area contributed by atoms with E-state index in [9.17, 15) is 22.8 Å². The van der Waals surface area contributed by atoms with E-state index in [0.29, 0.717) is 4.31 Å². The molecular weight excluding hydrogens is 332 g/mol. The average Bonchev–Trinajstić information content (AvgIpc) is 2.94. The van der Waals surface area contributed by atoms with Crippen molar-refractivity contribution in [2.24, 2.45) is 0 Å². The van der Waals surface area contributed by atoms with Crippen LogP contribution in [0.15, 0.2) is 53.4 Å². The first-order valence-corrected chi connectivity index (χ1v) is 8.48. The smallest absolute Gasteiger partial charge is 0.269 e. The number of sulfonamides is 1. The number of fused-ring (bicyclic) bond motifs is 2. The summed E-state index contributed by atoms with van der Waals surface area (Å²) in [4.78, 5) is 37.8. The second-order valence-corrected chi connectivity index (χ2v) is 7.21. The van der Waals surface area contributed by atoms with Crippen LogP contribution in [0.5, 0.6) is 0 Å². The second kappa shape index (κ2) is 4.75. The van der Waals surface area contributed by atoms with Gasteiger partial charge in [0.15, 0.2) is 0 Å². The number of hydrogen-bond donors (Lipinski definition) is 0. The molecule has 0 saturated heterocycles. The van der Waals surface area contributed by atoms with Crippen LogP contribution in [0.1, 0.15) is 31.1 Å². The first kappa shape index (κ1) is 14.6. The topological polar surface area (TPSA) is 91.8 Å². The molecule has 2 aliphatic rings. The predicted octanol–water partition coefficient (Wildman–Crippen LogP) is 1.08. The number of rotatable bonds is 2. The van der Waals surface area contributed by atoms with E-state index >= 15 is 0 Å². The number of benzene rings is 2. The zero-order valence-electron chi connectivity index (χ0n) is 12.2. The number of carbonyl (C=O) groups is 3. The van der Waals surface area contributed by atoms with Gasteiger partial charge in [-0.25, -0.2) is 12.7 Å². The van der Waals surface area contributed by atoms with Crippen LogP contribution in [0.25, 0.3) is 0 Å². The maximum atomic E-state index is 12.5. The first-order chi connectivity index (χ1) is 11.4. The lowest BCUT2D eigenvalue weighted by molar-refractivity contribution is 0.0583. The molecule has 0 spiro atoms. The van der Waals surface area contributed by atoms with Crippen LogP contribution in [-0.4, -0.2) is 42.0 Å². The Balaban J connectivity index is 1.72. The zero-order valence-corrected chi connectivity index (χ0v) is 13.0. The van der Waals surface area contributed by atoms with Gasteiger partial charge < -0.3 is 0 Å². The van der Waals surface area contributed by atoms with Crippen LogP contribution < -0.4 is 0 Å². The Bertz CT molecular complexity index is 993. The molecule has 0 fully saturated rings. The Morgan fingerprint density at radius 1 is 0.708 bits per heavy atom. The second-order valence-electron chi connectivity index (χ2n) is 5.38. The summed E-state index contributed by atoms with van der Waals surface area (Å²) < 4.78 is 25.6. The van der Waals surface area contributed by atoms with Gasteiger partial charge in [0.05, 0.1) is 16.7 Å². The Morgan fingerprint density at radius 3 is 1.75 bits per heavy atom. The highest BCUT2D eigenvalue weighted by atomic mass is 32.2. The molecule has 120 valence electrons. The lowest BCUT2D eigenvalue weighted by Crippen LogP contribution is -2.43. The molecule has 24 heavy (non-hydrogen) atoms. The molecule has 4 rings (SSSR count). The minimum atomic E-state index is -4.08. The van der Waals surface area contributed by atoms with Gasteiger partial charge >= 0.3 is 0 Å². The van der Waals surface area contributed by atoms with E-state index in [1.165, 1.54) is 30.3 Å². The lowest BCUT2D eigenvalue weighted by atomic mass is 10.1. The number of nitrogens with zero attached hydrogens (tertiary/aromatic N) is 2. The van der Waals surface area contributed by atoms with Crippen LogP contribution in [0, 0.1) is 0 Å². The van der Waals surface area contributed by atoms with Crippen molar-refractivity contribution in [1.29, 1.82) is 0 Å². The van der Waals surface area contributed by atoms with Crippen LogP contribution in [0.3, 0.4) is 0 Å². The monoisotopic (exact) mass is 342 g/mol. The molecule has 0 aliphatic carbocycles. The lowest BCUT2D eigenvalue weighted by Gasteiger charge is -2.21. The van der Waals surface area contributed by atoms with Crippen LogP contribution >= 0.6 is 0 Å². The molecule has 2 aromatic carbocycles. The Kier molecular flexibility index (Phi) is 2.88. The molecule has 7 nitrogen and oxygen atoms in total. The summed E-state index contributed by atoms with van der Waals surface area (Å²) in [6.45, 7) is -0.637. The molecule has 0 unspecified atom stereocenters. The fourth-order valence-corrected chi connectivity index (χ4v) is 4.37. The summed E-state index contributed by atoms with van der Waals surface area (Å²) in [6, 6.07) is 12.0. The Hall–Kier alpha value is -3.00. The maximum Gasteiger partial charge on any atom is 0.270 e. The molecule has 0 radical (unpaired) electrons. The summed E-state index contributed by atoms with van der Waals surface area (Å²) in [5, 5.41) is 0. The molecule has 2 heterocycles. The van der Waals surface area contributed by atoms with Crippen molar-refractivity contribution in [3.8, 4) is 0 Å². The van der Waals surface area contributed by atoms with Crippen molar-refractivity contribution in [2.45, 2.75) is 4.90 Å². The third-order valence-electron chi connectivity index (χ3n) is 4.06. The predicted molar refractivity (Wildman–Crippen MR) is 81.6 cm³/mol. The van der Waals surface area contributed by atoms with Gasteiger partial charge in [-0.15, -0.1) is 0 Å². The molecule has 0 atom stereocenters. The molecular formula is C16H10N2O5S. The number of carbonyl (C=O) groups excluding carboxylic acids is 3. The minimum absolute atomic E-state index is 0.0362. The number of amides is 3. The molecule has 0 bridgehead atoms. The van der Waals surface area contributed by atoms with Gasteiger partial charge in [-0.2, -0.15) is 0 Å². The molecule has 2 aliphatic heterocycles. The van der Waals surface area contributed by atoms with Crippen molar-refractivity contribution in [2.75, 3.05) is 6.67 Å². The summed E-state index contributed by atoms with van der Waals surface area (Å²) in [5.41, 5.74) is 0.433. The summed E-state index contributed by atoms with van der Waals surface area (Å²) in [6.07, 6.45) is 0. The van der Waals surface area contributed by atoms with Crippen LogP contribution in [0.2, 0.25) is 0 Å². The van der Waals surface area contributed by atoms with Crippen molar-refractivity contribution < 1.29 is 22.8 Å².